The van der Waals surface area contributed by atoms with Crippen LogP contribution in [-0.2, 0) is 7.05 Å². The van der Waals surface area contributed by atoms with E-state index in [2.05, 4.69) is 36.0 Å². The van der Waals surface area contributed by atoms with Crippen molar-refractivity contribution in [3.8, 4) is 5.88 Å². The first kappa shape index (κ1) is 15.9. The monoisotopic (exact) mass is 269 g/mol. The zero-order valence-corrected chi connectivity index (χ0v) is 13.0. The summed E-state index contributed by atoms with van der Waals surface area (Å²) in [4.78, 5) is 4.42. The van der Waals surface area contributed by atoms with Gasteiger partial charge in [-0.1, -0.05) is 0 Å². The Balaban J connectivity index is 2.96. The van der Waals surface area contributed by atoms with Gasteiger partial charge in [0.2, 0.25) is 5.88 Å². The summed E-state index contributed by atoms with van der Waals surface area (Å²) in [5, 5.41) is 4.43. The van der Waals surface area contributed by atoms with Crippen molar-refractivity contribution in [3.05, 3.63) is 11.3 Å². The maximum absolute atomic E-state index is 5.97. The molecule has 19 heavy (non-hydrogen) atoms. The Hall–Kier alpha value is -1.11. The summed E-state index contributed by atoms with van der Waals surface area (Å²) in [6, 6.07) is 0.128. The van der Waals surface area contributed by atoms with E-state index in [1.165, 1.54) is 0 Å². The molecule has 0 amide bonds. The van der Waals surface area contributed by atoms with Gasteiger partial charge >= 0.3 is 0 Å². The predicted molar refractivity (Wildman–Crippen MR) is 77.5 cm³/mol. The third-order valence-electron chi connectivity index (χ3n) is 3.40. The van der Waals surface area contributed by atoms with E-state index in [4.69, 9.17) is 10.5 Å². The van der Waals surface area contributed by atoms with E-state index in [0.717, 1.165) is 30.2 Å². The molecule has 0 fully saturated rings. The Bertz CT molecular complexity index is 402. The lowest BCUT2D eigenvalue weighted by atomic mass is 10.1. The average Bonchev–Trinajstić information content (AvgIpc) is 2.62. The van der Waals surface area contributed by atoms with Gasteiger partial charge < -0.3 is 15.4 Å². The highest BCUT2D eigenvalue weighted by Crippen LogP contribution is 2.30. The molecular weight excluding hydrogens is 242 g/mol. The molecule has 6 nitrogen and oxygen atoms in total. The standard InChI is InChI=1S/C13H27N5O/c1-10-12(13(19-6)18(5)15-10)11(9-14)17(4)8-7-16(2)3/h11H,7-9,14H2,1-6H3. The Morgan fingerprint density at radius 2 is 1.95 bits per heavy atom. The number of rotatable bonds is 7. The molecule has 1 atom stereocenters. The maximum atomic E-state index is 5.97. The normalized spacial score (nSPS) is 13.3. The van der Waals surface area contributed by atoms with E-state index < -0.39 is 0 Å². The van der Waals surface area contributed by atoms with Gasteiger partial charge in [0.15, 0.2) is 0 Å². The van der Waals surface area contributed by atoms with Gasteiger partial charge in [-0.15, -0.1) is 0 Å². The van der Waals surface area contributed by atoms with E-state index in [-0.39, 0.29) is 6.04 Å². The van der Waals surface area contributed by atoms with Crippen molar-refractivity contribution in [3.63, 3.8) is 0 Å². The van der Waals surface area contributed by atoms with Gasteiger partial charge in [0.05, 0.1) is 24.4 Å². The summed E-state index contributed by atoms with van der Waals surface area (Å²) in [7, 11) is 9.80. The Kier molecular flexibility index (Phi) is 5.78. The van der Waals surface area contributed by atoms with Gasteiger partial charge in [0.25, 0.3) is 0 Å². The second kappa shape index (κ2) is 6.88. The SMILES string of the molecule is COc1c(C(CN)N(C)CCN(C)C)c(C)nn1C. The van der Waals surface area contributed by atoms with Crippen molar-refractivity contribution in [1.29, 1.82) is 0 Å². The van der Waals surface area contributed by atoms with E-state index in [0.29, 0.717) is 6.54 Å². The Morgan fingerprint density at radius 1 is 1.32 bits per heavy atom. The van der Waals surface area contributed by atoms with Crippen LogP contribution in [0.1, 0.15) is 17.3 Å². The molecule has 6 heteroatoms. The van der Waals surface area contributed by atoms with Crippen LogP contribution in [0.2, 0.25) is 0 Å². The van der Waals surface area contributed by atoms with Gasteiger partial charge in [0.1, 0.15) is 0 Å². The molecule has 0 aliphatic rings. The summed E-state index contributed by atoms with van der Waals surface area (Å²) in [5.41, 5.74) is 8.04. The molecule has 0 radical (unpaired) electrons. The second-order valence-electron chi connectivity index (χ2n) is 5.17. The lowest BCUT2D eigenvalue weighted by molar-refractivity contribution is 0.217. The van der Waals surface area contributed by atoms with E-state index >= 15 is 0 Å². The molecule has 0 aliphatic heterocycles. The molecule has 0 bridgehead atoms. The fraction of sp³-hybridized carbons (Fsp3) is 0.769. The highest BCUT2D eigenvalue weighted by molar-refractivity contribution is 5.34. The van der Waals surface area contributed by atoms with Crippen LogP contribution in [-0.4, -0.2) is 67.5 Å². The van der Waals surface area contributed by atoms with Crippen LogP contribution in [0.4, 0.5) is 0 Å². The van der Waals surface area contributed by atoms with Crippen LogP contribution in [0.25, 0.3) is 0 Å². The lowest BCUT2D eigenvalue weighted by Gasteiger charge is -2.28. The molecule has 0 saturated heterocycles. The number of nitrogens with two attached hydrogens (primary N) is 1. The number of aromatic nitrogens is 2. The number of methoxy groups -OCH3 is 1. The van der Waals surface area contributed by atoms with Crippen LogP contribution < -0.4 is 10.5 Å². The van der Waals surface area contributed by atoms with Gasteiger partial charge in [-0.3, -0.25) is 4.90 Å². The number of hydrogen-bond donors (Lipinski definition) is 1. The van der Waals surface area contributed by atoms with Gasteiger partial charge in [-0.25, -0.2) is 4.68 Å². The molecular formula is C13H27N5O. The molecule has 110 valence electrons. The maximum Gasteiger partial charge on any atom is 0.216 e. The first-order valence-electron chi connectivity index (χ1n) is 6.54. The minimum absolute atomic E-state index is 0.128. The van der Waals surface area contributed by atoms with Crippen molar-refractivity contribution in [2.24, 2.45) is 12.8 Å². The number of aryl methyl sites for hydroxylation is 2. The van der Waals surface area contributed by atoms with Crippen LogP contribution in [0.3, 0.4) is 0 Å². The fourth-order valence-electron chi connectivity index (χ4n) is 2.31. The molecule has 0 saturated carbocycles. The number of ether oxygens (including phenoxy) is 1. The Morgan fingerprint density at radius 3 is 2.42 bits per heavy atom. The van der Waals surface area contributed by atoms with Gasteiger partial charge in [-0.2, -0.15) is 5.10 Å². The minimum atomic E-state index is 0.128. The van der Waals surface area contributed by atoms with Crippen LogP contribution in [0, 0.1) is 6.92 Å². The van der Waals surface area contributed by atoms with Crippen molar-refractivity contribution in [2.45, 2.75) is 13.0 Å². The van der Waals surface area contributed by atoms with E-state index in [9.17, 15) is 0 Å². The molecule has 0 aliphatic carbocycles. The average molecular weight is 269 g/mol. The summed E-state index contributed by atoms with van der Waals surface area (Å²) >= 11 is 0. The lowest BCUT2D eigenvalue weighted by Crippen LogP contribution is -2.35. The van der Waals surface area contributed by atoms with Crippen LogP contribution in [0.15, 0.2) is 0 Å². The zero-order chi connectivity index (χ0) is 14.6. The fourth-order valence-corrected chi connectivity index (χ4v) is 2.31. The zero-order valence-electron chi connectivity index (χ0n) is 13.0. The third-order valence-corrected chi connectivity index (χ3v) is 3.40. The Labute approximate surface area is 116 Å². The number of hydrogen-bond acceptors (Lipinski definition) is 5. The molecule has 0 aromatic carbocycles. The molecule has 1 rings (SSSR count). The molecule has 0 spiro atoms. The van der Waals surface area contributed by atoms with Crippen molar-refractivity contribution >= 4 is 0 Å². The largest absolute Gasteiger partial charge is 0.481 e. The topological polar surface area (TPSA) is 59.6 Å². The first-order valence-corrected chi connectivity index (χ1v) is 6.54. The summed E-state index contributed by atoms with van der Waals surface area (Å²) < 4.78 is 7.23. The highest BCUT2D eigenvalue weighted by Gasteiger charge is 2.25. The van der Waals surface area contributed by atoms with Crippen molar-refractivity contribution < 1.29 is 4.74 Å². The van der Waals surface area contributed by atoms with E-state index in [1.807, 2.05) is 14.0 Å². The van der Waals surface area contributed by atoms with Crippen LogP contribution >= 0.6 is 0 Å². The molecule has 2 N–H and O–H groups in total. The summed E-state index contributed by atoms with van der Waals surface area (Å²) in [5.74, 6) is 0.796. The van der Waals surface area contributed by atoms with Gasteiger partial charge in [0, 0.05) is 26.7 Å². The first-order chi connectivity index (χ1) is 8.92. The molecule has 1 unspecified atom stereocenters. The van der Waals surface area contributed by atoms with Crippen molar-refractivity contribution in [2.75, 3.05) is 47.9 Å². The number of likely N-dealkylation sites (N-methyl/N-ethyl adjacent to an activating group) is 2. The van der Waals surface area contributed by atoms with E-state index in [1.54, 1.807) is 11.8 Å². The summed E-state index contributed by atoms with van der Waals surface area (Å²) in [6.45, 7) is 4.49. The van der Waals surface area contributed by atoms with Gasteiger partial charge in [-0.05, 0) is 28.1 Å². The number of nitrogens with zero attached hydrogens (tertiary/aromatic N) is 4. The van der Waals surface area contributed by atoms with Crippen LogP contribution in [0.5, 0.6) is 5.88 Å². The molecule has 1 aromatic heterocycles. The molecule has 1 aromatic rings. The summed E-state index contributed by atoms with van der Waals surface area (Å²) in [6.07, 6.45) is 0. The highest BCUT2D eigenvalue weighted by atomic mass is 16.5. The second-order valence-corrected chi connectivity index (χ2v) is 5.17. The quantitative estimate of drug-likeness (QED) is 0.768. The smallest absolute Gasteiger partial charge is 0.216 e. The minimum Gasteiger partial charge on any atom is -0.481 e. The molecule has 1 heterocycles. The predicted octanol–water partition coefficient (Wildman–Crippen LogP) is 0.230. The third kappa shape index (κ3) is 3.68. The van der Waals surface area contributed by atoms with Crippen molar-refractivity contribution in [1.82, 2.24) is 19.6 Å².